The fraction of sp³-hybridized carbons (Fsp3) is 0.348. The van der Waals surface area contributed by atoms with Crippen LogP contribution in [0.3, 0.4) is 0 Å². The quantitative estimate of drug-likeness (QED) is 0.278. The van der Waals surface area contributed by atoms with Crippen molar-refractivity contribution in [1.29, 1.82) is 0 Å². The second-order valence-corrected chi connectivity index (χ2v) is 8.55. The number of ether oxygens (including phenoxy) is 2. The van der Waals surface area contributed by atoms with Crippen LogP contribution >= 0.6 is 0 Å². The Morgan fingerprint density at radius 2 is 1.92 bits per heavy atom. The minimum atomic E-state index is -1.15. The molecule has 1 N–H and O–H groups in total. The fourth-order valence-electron chi connectivity index (χ4n) is 3.31. The molecule has 1 unspecified atom stereocenters. The van der Waals surface area contributed by atoms with E-state index in [1.54, 1.807) is 33.9 Å². The SMILES string of the molecule is CCC(C(=O)OC)N(NC(=O)OC(C)(C)C)c1nc(-n2ccnc2-c2ccccc2)ncc1[N+](=O)[O-]. The van der Waals surface area contributed by atoms with E-state index < -0.39 is 34.3 Å². The topological polar surface area (TPSA) is 155 Å². The number of methoxy groups -OCH3 is 1. The van der Waals surface area contributed by atoms with Gasteiger partial charge < -0.3 is 9.47 Å². The van der Waals surface area contributed by atoms with Crippen molar-refractivity contribution < 1.29 is 24.0 Å². The van der Waals surface area contributed by atoms with Crippen LogP contribution in [0.15, 0.2) is 48.9 Å². The number of carbonyl (C=O) groups is 2. The summed E-state index contributed by atoms with van der Waals surface area (Å²) in [5.74, 6) is -0.554. The van der Waals surface area contributed by atoms with Crippen molar-refractivity contribution in [3.05, 3.63) is 59.0 Å². The predicted octanol–water partition coefficient (Wildman–Crippen LogP) is 3.44. The van der Waals surface area contributed by atoms with Crippen LogP contribution in [0.25, 0.3) is 17.3 Å². The van der Waals surface area contributed by atoms with Gasteiger partial charge in [0.05, 0.1) is 12.0 Å². The third-order valence-corrected chi connectivity index (χ3v) is 4.83. The lowest BCUT2D eigenvalue weighted by atomic mass is 10.2. The van der Waals surface area contributed by atoms with Gasteiger partial charge in [-0.25, -0.2) is 30.0 Å². The molecule has 2 aromatic heterocycles. The number of amides is 1. The zero-order chi connectivity index (χ0) is 26.5. The molecule has 0 radical (unpaired) electrons. The molecule has 3 rings (SSSR count). The summed E-state index contributed by atoms with van der Waals surface area (Å²) < 4.78 is 11.7. The van der Waals surface area contributed by atoms with Crippen LogP contribution in [0.2, 0.25) is 0 Å². The highest BCUT2D eigenvalue weighted by atomic mass is 16.6. The maximum Gasteiger partial charge on any atom is 0.426 e. The lowest BCUT2D eigenvalue weighted by Crippen LogP contribution is -2.54. The molecule has 0 fully saturated rings. The number of carbonyl (C=O) groups excluding carboxylic acids is 2. The van der Waals surface area contributed by atoms with Crippen LogP contribution in [0.4, 0.5) is 16.3 Å². The van der Waals surface area contributed by atoms with Crippen molar-refractivity contribution >= 4 is 23.6 Å². The molecule has 0 aliphatic rings. The number of aromatic nitrogens is 4. The van der Waals surface area contributed by atoms with Crippen molar-refractivity contribution in [2.75, 3.05) is 12.1 Å². The van der Waals surface area contributed by atoms with E-state index in [1.165, 1.54) is 17.9 Å². The Balaban J connectivity index is 2.16. The standard InChI is InChI=1S/C23H27N7O6/c1-6-16(20(31)35-5)29(27-22(32)36-23(2,3)4)19-17(30(33)34)14-25-21(26-19)28-13-12-24-18(28)15-10-8-7-9-11-15/h7-14,16H,6H2,1-5H3,(H,27,32). The van der Waals surface area contributed by atoms with Crippen molar-refractivity contribution in [3.63, 3.8) is 0 Å². The second kappa shape index (κ2) is 10.8. The van der Waals surface area contributed by atoms with Gasteiger partial charge in [-0.1, -0.05) is 37.3 Å². The van der Waals surface area contributed by atoms with E-state index in [1.807, 2.05) is 30.3 Å². The molecule has 1 atom stereocenters. The minimum Gasteiger partial charge on any atom is -0.467 e. The maximum atomic E-state index is 12.7. The van der Waals surface area contributed by atoms with E-state index in [9.17, 15) is 19.7 Å². The molecular weight excluding hydrogens is 470 g/mol. The summed E-state index contributed by atoms with van der Waals surface area (Å²) in [6.45, 7) is 6.63. The van der Waals surface area contributed by atoms with Gasteiger partial charge in [-0.15, -0.1) is 0 Å². The first-order valence-electron chi connectivity index (χ1n) is 11.0. The van der Waals surface area contributed by atoms with E-state index in [0.717, 1.165) is 16.8 Å². The monoisotopic (exact) mass is 497 g/mol. The summed E-state index contributed by atoms with van der Waals surface area (Å²) in [7, 11) is 1.17. The molecule has 13 nitrogen and oxygen atoms in total. The van der Waals surface area contributed by atoms with Gasteiger partial charge in [0, 0.05) is 18.0 Å². The number of rotatable bonds is 8. The van der Waals surface area contributed by atoms with E-state index in [4.69, 9.17) is 9.47 Å². The predicted molar refractivity (Wildman–Crippen MR) is 129 cm³/mol. The Kier molecular flexibility index (Phi) is 7.82. The van der Waals surface area contributed by atoms with E-state index in [-0.39, 0.29) is 18.2 Å². The summed E-state index contributed by atoms with van der Waals surface area (Å²) in [6.07, 6.45) is 3.31. The zero-order valence-electron chi connectivity index (χ0n) is 20.5. The highest BCUT2D eigenvalue weighted by molar-refractivity contribution is 5.83. The normalized spacial score (nSPS) is 11.9. The molecule has 0 spiro atoms. The van der Waals surface area contributed by atoms with Crippen molar-refractivity contribution in [3.8, 4) is 17.3 Å². The van der Waals surface area contributed by atoms with Crippen LogP contribution in [0.1, 0.15) is 34.1 Å². The van der Waals surface area contributed by atoms with Gasteiger partial charge in [0.25, 0.3) is 0 Å². The average molecular weight is 498 g/mol. The van der Waals surface area contributed by atoms with Gasteiger partial charge in [-0.3, -0.25) is 14.7 Å². The number of nitrogens with zero attached hydrogens (tertiary/aromatic N) is 6. The van der Waals surface area contributed by atoms with Gasteiger partial charge in [0.1, 0.15) is 23.7 Å². The number of esters is 1. The van der Waals surface area contributed by atoms with E-state index in [0.29, 0.717) is 5.82 Å². The van der Waals surface area contributed by atoms with Gasteiger partial charge in [-0.05, 0) is 27.2 Å². The van der Waals surface area contributed by atoms with Crippen LogP contribution in [-0.2, 0) is 14.3 Å². The Morgan fingerprint density at radius 1 is 1.22 bits per heavy atom. The molecule has 0 saturated carbocycles. The molecule has 36 heavy (non-hydrogen) atoms. The number of hydrogen-bond acceptors (Lipinski definition) is 10. The van der Waals surface area contributed by atoms with E-state index in [2.05, 4.69) is 20.4 Å². The Hall–Kier alpha value is -4.55. The molecule has 0 bridgehead atoms. The lowest BCUT2D eigenvalue weighted by molar-refractivity contribution is -0.384. The van der Waals surface area contributed by atoms with Crippen molar-refractivity contribution in [1.82, 2.24) is 24.9 Å². The number of nitro groups is 1. The van der Waals surface area contributed by atoms with E-state index >= 15 is 0 Å². The van der Waals surface area contributed by atoms with Crippen LogP contribution in [0.5, 0.6) is 0 Å². The zero-order valence-corrected chi connectivity index (χ0v) is 20.5. The summed E-state index contributed by atoms with van der Waals surface area (Å²) in [5.41, 5.74) is 1.77. The summed E-state index contributed by atoms with van der Waals surface area (Å²) in [4.78, 5) is 49.3. The van der Waals surface area contributed by atoms with Crippen molar-refractivity contribution in [2.24, 2.45) is 0 Å². The van der Waals surface area contributed by atoms with Crippen molar-refractivity contribution in [2.45, 2.75) is 45.8 Å². The number of imidazole rings is 1. The summed E-state index contributed by atoms with van der Waals surface area (Å²) in [5, 5.41) is 12.9. The third kappa shape index (κ3) is 5.92. The second-order valence-electron chi connectivity index (χ2n) is 8.55. The average Bonchev–Trinajstić information content (AvgIpc) is 3.32. The summed E-state index contributed by atoms with van der Waals surface area (Å²) >= 11 is 0. The molecule has 0 aliphatic heterocycles. The number of nitrogens with one attached hydrogen (secondary N) is 1. The van der Waals surface area contributed by atoms with Crippen LogP contribution < -0.4 is 10.4 Å². The lowest BCUT2D eigenvalue weighted by Gasteiger charge is -2.31. The Bertz CT molecular complexity index is 1240. The minimum absolute atomic E-state index is 0.0302. The molecule has 0 aliphatic carbocycles. The molecule has 1 aromatic carbocycles. The molecule has 0 saturated heterocycles. The smallest absolute Gasteiger partial charge is 0.426 e. The van der Waals surface area contributed by atoms with Gasteiger partial charge in [0.15, 0.2) is 0 Å². The Labute approximate surface area is 207 Å². The number of anilines is 1. The highest BCUT2D eigenvalue weighted by Gasteiger charge is 2.35. The molecule has 3 aromatic rings. The molecular formula is C23H27N7O6. The number of hydrogen-bond donors (Lipinski definition) is 1. The number of benzene rings is 1. The first-order valence-corrected chi connectivity index (χ1v) is 11.0. The molecule has 2 heterocycles. The van der Waals surface area contributed by atoms with Gasteiger partial charge in [-0.2, -0.15) is 4.98 Å². The summed E-state index contributed by atoms with van der Waals surface area (Å²) in [6, 6.07) is 8.06. The van der Waals surface area contributed by atoms with Gasteiger partial charge >= 0.3 is 17.7 Å². The van der Waals surface area contributed by atoms with Gasteiger partial charge in [0.2, 0.25) is 11.8 Å². The third-order valence-electron chi connectivity index (χ3n) is 4.83. The van der Waals surface area contributed by atoms with Crippen LogP contribution in [-0.4, -0.2) is 55.3 Å². The maximum absolute atomic E-state index is 12.7. The Morgan fingerprint density at radius 3 is 2.50 bits per heavy atom. The molecule has 1 amide bonds. The fourth-order valence-corrected chi connectivity index (χ4v) is 3.31. The number of hydrazine groups is 1. The van der Waals surface area contributed by atoms with Crippen LogP contribution in [0, 0.1) is 10.1 Å². The molecule has 13 heteroatoms. The molecule has 190 valence electrons. The largest absolute Gasteiger partial charge is 0.467 e. The first kappa shape index (κ1) is 26.1. The first-order chi connectivity index (χ1) is 17.1. The highest BCUT2D eigenvalue weighted by Crippen LogP contribution is 2.29.